The highest BCUT2D eigenvalue weighted by Crippen LogP contribution is 2.42. The number of fused-ring (bicyclic) bond motifs is 1. The molecule has 1 aromatic heterocycles. The average Bonchev–Trinajstić information content (AvgIpc) is 2.46. The van der Waals surface area contributed by atoms with E-state index in [1.807, 2.05) is 32.0 Å². The van der Waals surface area contributed by atoms with Crippen LogP contribution in [0.3, 0.4) is 0 Å². The first-order valence-corrected chi connectivity index (χ1v) is 6.97. The Morgan fingerprint density at radius 3 is 2.57 bits per heavy atom. The molecule has 0 saturated heterocycles. The second-order valence-electron chi connectivity index (χ2n) is 6.14. The highest BCUT2D eigenvalue weighted by atomic mass is 16.4. The van der Waals surface area contributed by atoms with Gasteiger partial charge in [0.05, 0.1) is 11.7 Å². The van der Waals surface area contributed by atoms with Gasteiger partial charge in [-0.15, -0.1) is 0 Å². The van der Waals surface area contributed by atoms with Crippen LogP contribution in [0, 0.1) is 5.41 Å². The Morgan fingerprint density at radius 2 is 2.00 bits per heavy atom. The van der Waals surface area contributed by atoms with Crippen molar-refractivity contribution in [1.29, 1.82) is 0 Å². The summed E-state index contributed by atoms with van der Waals surface area (Å²) in [6, 6.07) is 7.45. The lowest BCUT2D eigenvalue weighted by Gasteiger charge is -2.49. The molecule has 2 aromatic rings. The van der Waals surface area contributed by atoms with Crippen molar-refractivity contribution >= 4 is 22.6 Å². The summed E-state index contributed by atoms with van der Waals surface area (Å²) in [6.45, 7) is 4.01. The van der Waals surface area contributed by atoms with Crippen LogP contribution in [0.4, 0.5) is 5.82 Å². The molecule has 110 valence electrons. The number of aromatic nitrogens is 1. The molecule has 1 saturated carbocycles. The number of hydrogen-bond acceptors (Lipinski definition) is 4. The smallest absolute Gasteiger partial charge is 0.337 e. The van der Waals surface area contributed by atoms with E-state index < -0.39 is 5.97 Å². The number of carboxylic acids is 1. The molecule has 21 heavy (non-hydrogen) atoms. The number of pyridine rings is 1. The van der Waals surface area contributed by atoms with Crippen LogP contribution in [0.5, 0.6) is 0 Å². The molecule has 5 nitrogen and oxygen atoms in total. The third-order valence-corrected chi connectivity index (χ3v) is 4.55. The van der Waals surface area contributed by atoms with Crippen molar-refractivity contribution in [3.8, 4) is 0 Å². The number of hydrogen-bond donors (Lipinski definition) is 3. The number of anilines is 1. The zero-order valence-corrected chi connectivity index (χ0v) is 12.0. The lowest BCUT2D eigenvalue weighted by atomic mass is 9.64. The van der Waals surface area contributed by atoms with E-state index in [1.54, 1.807) is 6.07 Å². The maximum absolute atomic E-state index is 11.3. The molecule has 2 atom stereocenters. The summed E-state index contributed by atoms with van der Waals surface area (Å²) in [5.74, 6) is -0.315. The molecular formula is C16H18N2O3. The first-order valence-electron chi connectivity index (χ1n) is 6.97. The molecule has 5 heteroatoms. The Labute approximate surface area is 122 Å². The minimum atomic E-state index is -0.982. The highest BCUT2D eigenvalue weighted by molar-refractivity contribution is 6.06. The summed E-state index contributed by atoms with van der Waals surface area (Å²) < 4.78 is 0. The third-order valence-electron chi connectivity index (χ3n) is 4.55. The molecule has 2 unspecified atom stereocenters. The van der Waals surface area contributed by atoms with E-state index in [-0.39, 0.29) is 23.1 Å². The SMILES string of the molecule is CC1(C)C(O)CC1Nc1ncc(C(=O)O)c2ccccc12. The Balaban J connectivity index is 2.01. The average molecular weight is 286 g/mol. The summed E-state index contributed by atoms with van der Waals surface area (Å²) in [4.78, 5) is 15.5. The summed E-state index contributed by atoms with van der Waals surface area (Å²) >= 11 is 0. The van der Waals surface area contributed by atoms with Gasteiger partial charge in [-0.25, -0.2) is 9.78 Å². The van der Waals surface area contributed by atoms with Gasteiger partial charge >= 0.3 is 5.97 Å². The van der Waals surface area contributed by atoms with Gasteiger partial charge in [-0.3, -0.25) is 0 Å². The number of nitrogens with zero attached hydrogens (tertiary/aromatic N) is 1. The monoisotopic (exact) mass is 286 g/mol. The quantitative estimate of drug-likeness (QED) is 0.807. The van der Waals surface area contributed by atoms with Crippen LogP contribution < -0.4 is 5.32 Å². The molecule has 1 aliphatic carbocycles. The topological polar surface area (TPSA) is 82.5 Å². The fourth-order valence-corrected chi connectivity index (χ4v) is 2.79. The van der Waals surface area contributed by atoms with Gasteiger partial charge in [0, 0.05) is 28.4 Å². The molecule has 0 bridgehead atoms. The molecule has 0 spiro atoms. The molecule has 3 N–H and O–H groups in total. The van der Waals surface area contributed by atoms with Crippen molar-refractivity contribution in [1.82, 2.24) is 4.98 Å². The summed E-state index contributed by atoms with van der Waals surface area (Å²) in [7, 11) is 0. The first kappa shape index (κ1) is 13.8. The minimum Gasteiger partial charge on any atom is -0.478 e. The van der Waals surface area contributed by atoms with Gasteiger partial charge in [-0.1, -0.05) is 38.1 Å². The van der Waals surface area contributed by atoms with Gasteiger partial charge in [0.2, 0.25) is 0 Å². The predicted molar refractivity (Wildman–Crippen MR) is 80.5 cm³/mol. The van der Waals surface area contributed by atoms with Crippen LogP contribution in [-0.2, 0) is 0 Å². The van der Waals surface area contributed by atoms with E-state index >= 15 is 0 Å². The number of benzene rings is 1. The number of aromatic carboxylic acids is 1. The molecular weight excluding hydrogens is 268 g/mol. The second kappa shape index (κ2) is 4.70. The van der Waals surface area contributed by atoms with E-state index in [0.29, 0.717) is 17.6 Å². The maximum Gasteiger partial charge on any atom is 0.337 e. The molecule has 0 aliphatic heterocycles. The Bertz CT molecular complexity index is 712. The summed E-state index contributed by atoms with van der Waals surface area (Å²) in [5, 5.41) is 23.9. The summed E-state index contributed by atoms with van der Waals surface area (Å²) in [5.41, 5.74) is -0.0158. The number of aliphatic hydroxyl groups is 1. The van der Waals surface area contributed by atoms with Gasteiger partial charge in [0.25, 0.3) is 0 Å². The van der Waals surface area contributed by atoms with Crippen molar-refractivity contribution in [2.75, 3.05) is 5.32 Å². The molecule has 1 aliphatic rings. The molecule has 0 radical (unpaired) electrons. The lowest BCUT2D eigenvalue weighted by Crippen LogP contribution is -2.57. The van der Waals surface area contributed by atoms with Gasteiger partial charge in [-0.2, -0.15) is 0 Å². The van der Waals surface area contributed by atoms with Crippen LogP contribution in [0.15, 0.2) is 30.5 Å². The molecule has 1 fully saturated rings. The molecule has 3 rings (SSSR count). The zero-order chi connectivity index (χ0) is 15.2. The van der Waals surface area contributed by atoms with Crippen LogP contribution in [0.2, 0.25) is 0 Å². The number of nitrogens with one attached hydrogen (secondary N) is 1. The van der Waals surface area contributed by atoms with Crippen molar-refractivity contribution in [3.05, 3.63) is 36.0 Å². The van der Waals surface area contributed by atoms with Gasteiger partial charge in [0.15, 0.2) is 0 Å². The van der Waals surface area contributed by atoms with Crippen molar-refractivity contribution in [3.63, 3.8) is 0 Å². The van der Waals surface area contributed by atoms with Crippen LogP contribution in [0.25, 0.3) is 10.8 Å². The fraction of sp³-hybridized carbons (Fsp3) is 0.375. The van der Waals surface area contributed by atoms with Crippen molar-refractivity contribution < 1.29 is 15.0 Å². The zero-order valence-electron chi connectivity index (χ0n) is 12.0. The molecule has 1 aromatic carbocycles. The van der Waals surface area contributed by atoms with E-state index in [2.05, 4.69) is 10.3 Å². The van der Waals surface area contributed by atoms with Crippen LogP contribution in [0.1, 0.15) is 30.6 Å². The third kappa shape index (κ3) is 2.14. The second-order valence-corrected chi connectivity index (χ2v) is 6.14. The van der Waals surface area contributed by atoms with Crippen molar-refractivity contribution in [2.24, 2.45) is 5.41 Å². The van der Waals surface area contributed by atoms with Crippen LogP contribution >= 0.6 is 0 Å². The van der Waals surface area contributed by atoms with E-state index in [4.69, 9.17) is 0 Å². The fourth-order valence-electron chi connectivity index (χ4n) is 2.79. The number of carbonyl (C=O) groups is 1. The molecule has 1 heterocycles. The van der Waals surface area contributed by atoms with Gasteiger partial charge in [0.1, 0.15) is 5.82 Å². The van der Waals surface area contributed by atoms with E-state index in [0.717, 1.165) is 5.39 Å². The minimum absolute atomic E-state index is 0.124. The van der Waals surface area contributed by atoms with Gasteiger partial charge < -0.3 is 15.5 Å². The van der Waals surface area contributed by atoms with E-state index in [1.165, 1.54) is 6.20 Å². The van der Waals surface area contributed by atoms with Crippen molar-refractivity contribution in [2.45, 2.75) is 32.4 Å². The highest BCUT2D eigenvalue weighted by Gasteiger charge is 2.47. The number of aliphatic hydroxyl groups excluding tert-OH is 1. The Morgan fingerprint density at radius 1 is 1.33 bits per heavy atom. The normalized spacial score (nSPS) is 23.6. The van der Waals surface area contributed by atoms with E-state index in [9.17, 15) is 15.0 Å². The summed E-state index contributed by atoms with van der Waals surface area (Å²) in [6.07, 6.45) is 1.73. The van der Waals surface area contributed by atoms with Gasteiger partial charge in [-0.05, 0) is 6.42 Å². The maximum atomic E-state index is 11.3. The molecule has 0 amide bonds. The largest absolute Gasteiger partial charge is 0.478 e. The lowest BCUT2D eigenvalue weighted by molar-refractivity contribution is -0.0511. The standard InChI is InChI=1S/C16H18N2O3/c1-16(2)12(7-13(16)19)18-14-10-6-4-3-5-9(10)11(8-17-14)15(20)21/h3-6,8,12-13,19H,7H2,1-2H3,(H,17,18)(H,20,21). The number of carboxylic acid groups (broad SMARTS) is 1. The Kier molecular flexibility index (Phi) is 3.10. The number of rotatable bonds is 3. The predicted octanol–water partition coefficient (Wildman–Crippen LogP) is 2.50. The Hall–Kier alpha value is -2.14. The first-order chi connectivity index (χ1) is 9.91. The van der Waals surface area contributed by atoms with Crippen LogP contribution in [-0.4, -0.2) is 33.3 Å².